The first-order valence-electron chi connectivity index (χ1n) is 11.1. The van der Waals surface area contributed by atoms with Gasteiger partial charge in [-0.3, -0.25) is 9.97 Å². The zero-order valence-electron chi connectivity index (χ0n) is 18.9. The number of hydrogen-bond acceptors (Lipinski definition) is 6. The van der Waals surface area contributed by atoms with E-state index in [1.165, 1.54) is 5.06 Å². The fraction of sp³-hybridized carbons (Fsp3) is 0.520. The minimum atomic E-state index is -0.398. The van der Waals surface area contributed by atoms with Gasteiger partial charge in [0.25, 0.3) is 0 Å². The summed E-state index contributed by atoms with van der Waals surface area (Å²) in [6, 6.07) is 10.2. The molecule has 4 rings (SSSR count). The molecule has 1 fully saturated rings. The highest BCUT2D eigenvalue weighted by Crippen LogP contribution is 2.38. The van der Waals surface area contributed by atoms with Gasteiger partial charge in [0.05, 0.1) is 23.7 Å². The molecule has 0 amide bonds. The largest absolute Gasteiger partial charge is 0.784 e. The highest BCUT2D eigenvalue weighted by atomic mass is 16.5. The second kappa shape index (κ2) is 8.79. The fourth-order valence-corrected chi connectivity index (χ4v) is 4.82. The molecule has 0 bridgehead atoms. The van der Waals surface area contributed by atoms with E-state index in [1.807, 2.05) is 46.0 Å². The number of nitrogens with zero attached hydrogens (tertiary/aromatic N) is 3. The quantitative estimate of drug-likeness (QED) is 0.384. The van der Waals surface area contributed by atoms with Crippen molar-refractivity contribution in [1.82, 2.24) is 15.0 Å². The van der Waals surface area contributed by atoms with Crippen LogP contribution in [0.4, 0.5) is 0 Å². The third-order valence-electron chi connectivity index (χ3n) is 6.17. The summed E-state index contributed by atoms with van der Waals surface area (Å²) < 4.78 is 12.1. The highest BCUT2D eigenvalue weighted by Gasteiger charge is 2.40. The Labute approximate surface area is 184 Å². The van der Waals surface area contributed by atoms with Crippen molar-refractivity contribution < 1.29 is 9.47 Å². The molecule has 6 nitrogen and oxygen atoms in total. The first kappa shape index (κ1) is 22.1. The smallest absolute Gasteiger partial charge is 0.0968 e. The Morgan fingerprint density at radius 2 is 1.71 bits per heavy atom. The molecule has 0 saturated carbocycles. The topological polar surface area (TPSA) is 70.5 Å². The average molecular weight is 423 g/mol. The molecule has 1 aliphatic heterocycles. The van der Waals surface area contributed by atoms with Gasteiger partial charge in [0.2, 0.25) is 0 Å². The lowest BCUT2D eigenvalue weighted by Crippen LogP contribution is -2.59. The summed E-state index contributed by atoms with van der Waals surface area (Å²) in [6.45, 7) is 9.79. The van der Waals surface area contributed by atoms with Crippen molar-refractivity contribution in [1.29, 1.82) is 0 Å². The predicted octanol–water partition coefficient (Wildman–Crippen LogP) is 5.23. The molecular weight excluding hydrogens is 390 g/mol. The van der Waals surface area contributed by atoms with Crippen LogP contribution in [0.3, 0.4) is 0 Å². The van der Waals surface area contributed by atoms with Crippen LogP contribution in [0.5, 0.6) is 0 Å². The summed E-state index contributed by atoms with van der Waals surface area (Å²) in [6.07, 6.45) is 6.07. The Hall–Kier alpha value is -2.12. The lowest BCUT2D eigenvalue weighted by atomic mass is 9.80. The van der Waals surface area contributed by atoms with E-state index in [9.17, 15) is 5.21 Å². The molecule has 166 valence electrons. The number of rotatable bonds is 7. The van der Waals surface area contributed by atoms with Gasteiger partial charge in [0.1, 0.15) is 0 Å². The van der Waals surface area contributed by atoms with Crippen LogP contribution in [0.15, 0.2) is 42.7 Å². The Morgan fingerprint density at radius 1 is 0.968 bits per heavy atom. The number of fused-ring (bicyclic) bond motifs is 3. The Bertz CT molecular complexity index is 1030. The van der Waals surface area contributed by atoms with Gasteiger partial charge in [-0.05, 0) is 64.7 Å². The number of aromatic nitrogens is 2. The zero-order chi connectivity index (χ0) is 22.1. The molecule has 3 aromatic rings. The zero-order valence-corrected chi connectivity index (χ0v) is 18.9. The second-order valence-electron chi connectivity index (χ2n) is 9.73. The molecule has 3 heterocycles. The third-order valence-corrected chi connectivity index (χ3v) is 6.17. The summed E-state index contributed by atoms with van der Waals surface area (Å²) in [5.74, 6) is 0. The standard InChI is InChI=1S/C25H32N3O3/c1-24(2)15-20(16-25(3,4)28(24)29)31-14-6-13-30-17-19-10-12-27-23-21(19)9-8-18-7-5-11-26-22(18)23/h5,7-12,20H,6,13-17H2,1-4H3/q-1. The number of hydrogen-bond donors (Lipinski definition) is 0. The normalized spacial score (nSPS) is 19.3. The Morgan fingerprint density at radius 3 is 2.48 bits per heavy atom. The molecule has 0 N–H and O–H groups in total. The number of piperidine rings is 1. The molecule has 1 aliphatic rings. The number of pyridine rings is 2. The average Bonchev–Trinajstić information content (AvgIpc) is 2.74. The number of benzene rings is 1. The second-order valence-corrected chi connectivity index (χ2v) is 9.73. The van der Waals surface area contributed by atoms with Gasteiger partial charge in [-0.1, -0.05) is 18.2 Å². The minimum absolute atomic E-state index is 0.111. The first-order valence-corrected chi connectivity index (χ1v) is 11.1. The van der Waals surface area contributed by atoms with Crippen LogP contribution < -0.4 is 0 Å². The van der Waals surface area contributed by atoms with Crippen molar-refractivity contribution >= 4 is 21.8 Å². The van der Waals surface area contributed by atoms with Crippen molar-refractivity contribution in [3.63, 3.8) is 0 Å². The van der Waals surface area contributed by atoms with Crippen LogP contribution in [0, 0.1) is 5.21 Å². The van der Waals surface area contributed by atoms with E-state index in [0.29, 0.717) is 19.8 Å². The van der Waals surface area contributed by atoms with E-state index in [1.54, 1.807) is 6.20 Å². The van der Waals surface area contributed by atoms with E-state index < -0.39 is 11.1 Å². The maximum Gasteiger partial charge on any atom is 0.0968 e. The van der Waals surface area contributed by atoms with Crippen LogP contribution in [0.25, 0.3) is 21.8 Å². The predicted molar refractivity (Wildman–Crippen MR) is 124 cm³/mol. The van der Waals surface area contributed by atoms with Gasteiger partial charge in [0, 0.05) is 47.5 Å². The van der Waals surface area contributed by atoms with Crippen LogP contribution in [-0.4, -0.2) is 45.4 Å². The van der Waals surface area contributed by atoms with Crippen molar-refractivity contribution in [3.05, 3.63) is 53.5 Å². The fourth-order valence-electron chi connectivity index (χ4n) is 4.82. The summed E-state index contributed by atoms with van der Waals surface area (Å²) in [7, 11) is 0. The number of hydroxylamine groups is 2. The van der Waals surface area contributed by atoms with Gasteiger partial charge in [-0.15, -0.1) is 0 Å². The van der Waals surface area contributed by atoms with E-state index in [2.05, 4.69) is 28.2 Å². The monoisotopic (exact) mass is 422 g/mol. The summed E-state index contributed by atoms with van der Waals surface area (Å²) >= 11 is 0. The third kappa shape index (κ3) is 4.72. The lowest BCUT2D eigenvalue weighted by molar-refractivity contribution is -0.0836. The first-order chi connectivity index (χ1) is 14.8. The maximum atomic E-state index is 12.5. The van der Waals surface area contributed by atoms with Gasteiger partial charge < -0.3 is 19.7 Å². The summed E-state index contributed by atoms with van der Waals surface area (Å²) in [4.78, 5) is 9.04. The number of ether oxygens (including phenoxy) is 2. The Kier molecular flexibility index (Phi) is 6.26. The van der Waals surface area contributed by atoms with Crippen molar-refractivity contribution in [2.75, 3.05) is 13.2 Å². The molecule has 0 atom stereocenters. The van der Waals surface area contributed by atoms with Crippen LogP contribution in [0.1, 0.15) is 52.5 Å². The molecule has 0 spiro atoms. The molecular formula is C25H32N3O3-. The molecule has 0 radical (unpaired) electrons. The lowest BCUT2D eigenvalue weighted by Gasteiger charge is -2.59. The van der Waals surface area contributed by atoms with Crippen LogP contribution in [0.2, 0.25) is 0 Å². The van der Waals surface area contributed by atoms with Crippen molar-refractivity contribution in [2.24, 2.45) is 0 Å². The van der Waals surface area contributed by atoms with Gasteiger partial charge in [0.15, 0.2) is 0 Å². The maximum absolute atomic E-state index is 12.5. The van der Waals surface area contributed by atoms with E-state index in [0.717, 1.165) is 46.6 Å². The van der Waals surface area contributed by atoms with Gasteiger partial charge >= 0.3 is 0 Å². The van der Waals surface area contributed by atoms with E-state index >= 15 is 0 Å². The molecule has 6 heteroatoms. The van der Waals surface area contributed by atoms with Crippen LogP contribution in [-0.2, 0) is 16.1 Å². The minimum Gasteiger partial charge on any atom is -0.784 e. The molecule has 1 saturated heterocycles. The summed E-state index contributed by atoms with van der Waals surface area (Å²) in [5, 5.41) is 15.9. The summed E-state index contributed by atoms with van der Waals surface area (Å²) in [5.41, 5.74) is 2.15. The van der Waals surface area contributed by atoms with E-state index in [-0.39, 0.29) is 6.10 Å². The van der Waals surface area contributed by atoms with Gasteiger partial charge in [-0.2, -0.15) is 0 Å². The Balaban J connectivity index is 1.28. The van der Waals surface area contributed by atoms with Crippen LogP contribution >= 0.6 is 0 Å². The van der Waals surface area contributed by atoms with Gasteiger partial charge in [-0.25, -0.2) is 0 Å². The molecule has 0 aliphatic carbocycles. The molecule has 2 aromatic heterocycles. The molecule has 31 heavy (non-hydrogen) atoms. The van der Waals surface area contributed by atoms with Crippen molar-refractivity contribution in [2.45, 2.75) is 70.7 Å². The SMILES string of the molecule is CC1(C)CC(OCCCOCc2ccnc3c2ccc2cccnc23)CC(C)(C)N1[O-]. The van der Waals surface area contributed by atoms with E-state index in [4.69, 9.17) is 9.47 Å². The van der Waals surface area contributed by atoms with Crippen molar-refractivity contribution in [3.8, 4) is 0 Å². The molecule has 0 unspecified atom stereocenters. The highest BCUT2D eigenvalue weighted by molar-refractivity contribution is 6.03. The molecule has 1 aromatic carbocycles.